The molecule has 116 valence electrons. The number of aromatic amines is 1. The molecule has 7 heteroatoms. The van der Waals surface area contributed by atoms with Crippen LogP contribution in [0.3, 0.4) is 0 Å². The highest BCUT2D eigenvalue weighted by Crippen LogP contribution is 2.22. The molecule has 4 nitrogen and oxygen atoms in total. The van der Waals surface area contributed by atoms with Crippen molar-refractivity contribution in [3.63, 3.8) is 0 Å². The molecular weight excluding hydrogens is 285 g/mol. The van der Waals surface area contributed by atoms with E-state index in [1.807, 2.05) is 0 Å². The fourth-order valence-corrected chi connectivity index (χ4v) is 2.24. The van der Waals surface area contributed by atoms with Crippen LogP contribution >= 0.6 is 0 Å². The molecular formula is C14H17F3N2O2. The molecule has 0 saturated heterocycles. The first-order valence-electron chi connectivity index (χ1n) is 6.25. The van der Waals surface area contributed by atoms with Crippen LogP contribution in [0, 0.1) is 13.8 Å². The topological polar surface area (TPSA) is 53.2 Å². The summed E-state index contributed by atoms with van der Waals surface area (Å²) in [6.45, 7) is 6.23. The van der Waals surface area contributed by atoms with E-state index in [9.17, 15) is 22.8 Å². The molecule has 1 aromatic heterocycles. The summed E-state index contributed by atoms with van der Waals surface area (Å²) in [7, 11) is 0. The van der Waals surface area contributed by atoms with Crippen LogP contribution in [0.4, 0.5) is 13.2 Å². The number of carbonyl (C=O) groups is 2. The molecule has 21 heavy (non-hydrogen) atoms. The molecule has 1 amide bonds. The summed E-state index contributed by atoms with van der Waals surface area (Å²) in [6.07, 6.45) is -3.28. The number of halogens is 3. The molecule has 1 rings (SSSR count). The van der Waals surface area contributed by atoms with E-state index in [-0.39, 0.29) is 18.0 Å². The van der Waals surface area contributed by atoms with Crippen molar-refractivity contribution in [1.82, 2.24) is 9.88 Å². The largest absolute Gasteiger partial charge is 0.406 e. The molecule has 0 radical (unpaired) electrons. The molecule has 1 heterocycles. The van der Waals surface area contributed by atoms with Gasteiger partial charge in [-0.2, -0.15) is 13.2 Å². The van der Waals surface area contributed by atoms with Gasteiger partial charge in [-0.3, -0.25) is 9.59 Å². The summed E-state index contributed by atoms with van der Waals surface area (Å²) in [4.78, 5) is 27.1. The standard InChI is InChI=1S/C14H17F3N2O2/c1-5-6-19(7-14(15,16)17)13(21)12-8(2)11(10(4)20)9(3)18-12/h5,18H,1,6-7H2,2-4H3. The quantitative estimate of drug-likeness (QED) is 0.671. The number of carbonyl (C=O) groups excluding carboxylic acids is 2. The number of nitrogens with one attached hydrogen (secondary N) is 1. The van der Waals surface area contributed by atoms with Gasteiger partial charge in [0.2, 0.25) is 0 Å². The number of H-pyrrole nitrogens is 1. The number of amides is 1. The number of rotatable bonds is 5. The Balaban J connectivity index is 3.18. The minimum Gasteiger partial charge on any atom is -0.354 e. The molecule has 1 N–H and O–H groups in total. The van der Waals surface area contributed by atoms with Crippen LogP contribution < -0.4 is 0 Å². The Kier molecular flexibility index (Phi) is 4.98. The lowest BCUT2D eigenvalue weighted by Gasteiger charge is -2.22. The van der Waals surface area contributed by atoms with Crippen molar-refractivity contribution in [3.05, 3.63) is 35.2 Å². The van der Waals surface area contributed by atoms with E-state index >= 15 is 0 Å². The van der Waals surface area contributed by atoms with Gasteiger partial charge in [-0.05, 0) is 26.3 Å². The van der Waals surface area contributed by atoms with Crippen LogP contribution in [-0.2, 0) is 0 Å². The Labute approximate surface area is 120 Å². The average molecular weight is 302 g/mol. The average Bonchev–Trinajstić information content (AvgIpc) is 2.61. The maximum Gasteiger partial charge on any atom is 0.406 e. The molecule has 0 aromatic carbocycles. The number of alkyl halides is 3. The van der Waals surface area contributed by atoms with Crippen molar-refractivity contribution < 1.29 is 22.8 Å². The van der Waals surface area contributed by atoms with Gasteiger partial charge in [-0.15, -0.1) is 6.58 Å². The molecule has 0 atom stereocenters. The van der Waals surface area contributed by atoms with Gasteiger partial charge in [0.25, 0.3) is 5.91 Å². The summed E-state index contributed by atoms with van der Waals surface area (Å²) >= 11 is 0. The van der Waals surface area contributed by atoms with Gasteiger partial charge >= 0.3 is 6.18 Å². The number of hydrogen-bond acceptors (Lipinski definition) is 2. The number of hydrogen-bond donors (Lipinski definition) is 1. The first kappa shape index (κ1) is 17.0. The Morgan fingerprint density at radius 2 is 1.90 bits per heavy atom. The van der Waals surface area contributed by atoms with E-state index in [4.69, 9.17) is 0 Å². The fraction of sp³-hybridized carbons (Fsp3) is 0.429. The zero-order valence-corrected chi connectivity index (χ0v) is 12.1. The summed E-state index contributed by atoms with van der Waals surface area (Å²) < 4.78 is 37.6. The summed E-state index contributed by atoms with van der Waals surface area (Å²) in [5, 5.41) is 0. The zero-order valence-electron chi connectivity index (χ0n) is 12.1. The predicted octanol–water partition coefficient (Wildman–Crippen LogP) is 3.02. The number of Topliss-reactive ketones (excluding diaryl/α,β-unsaturated/α-hetero) is 1. The van der Waals surface area contributed by atoms with E-state index in [0.717, 1.165) is 0 Å². The molecule has 0 aliphatic carbocycles. The monoisotopic (exact) mass is 302 g/mol. The molecule has 0 aliphatic rings. The number of aromatic nitrogens is 1. The number of aryl methyl sites for hydroxylation is 1. The lowest BCUT2D eigenvalue weighted by atomic mass is 10.1. The summed E-state index contributed by atoms with van der Waals surface area (Å²) in [6, 6.07) is 0. The third kappa shape index (κ3) is 3.96. The predicted molar refractivity (Wildman–Crippen MR) is 72.4 cm³/mol. The molecule has 0 unspecified atom stereocenters. The van der Waals surface area contributed by atoms with Gasteiger partial charge in [-0.1, -0.05) is 6.08 Å². The third-order valence-corrected chi connectivity index (χ3v) is 3.01. The minimum absolute atomic E-state index is 0.00352. The minimum atomic E-state index is -4.50. The van der Waals surface area contributed by atoms with Crippen LogP contribution in [0.1, 0.15) is 39.0 Å². The second-order valence-corrected chi connectivity index (χ2v) is 4.77. The van der Waals surface area contributed by atoms with Crippen molar-refractivity contribution in [2.24, 2.45) is 0 Å². The van der Waals surface area contributed by atoms with Gasteiger partial charge in [0.05, 0.1) is 0 Å². The normalized spacial score (nSPS) is 11.3. The van der Waals surface area contributed by atoms with E-state index < -0.39 is 18.6 Å². The Morgan fingerprint density at radius 3 is 2.29 bits per heavy atom. The van der Waals surface area contributed by atoms with E-state index in [2.05, 4.69) is 11.6 Å². The number of ketones is 1. The highest BCUT2D eigenvalue weighted by molar-refractivity contribution is 6.02. The third-order valence-electron chi connectivity index (χ3n) is 3.01. The van der Waals surface area contributed by atoms with Crippen LogP contribution in [0.5, 0.6) is 0 Å². The molecule has 1 aromatic rings. The summed E-state index contributed by atoms with van der Waals surface area (Å²) in [5.74, 6) is -1.05. The van der Waals surface area contributed by atoms with Crippen LogP contribution in [0.15, 0.2) is 12.7 Å². The van der Waals surface area contributed by atoms with Crippen molar-refractivity contribution >= 4 is 11.7 Å². The maximum atomic E-state index is 12.5. The Bertz CT molecular complexity index is 574. The van der Waals surface area contributed by atoms with Gasteiger partial charge in [0.1, 0.15) is 12.2 Å². The zero-order chi connectivity index (χ0) is 16.4. The first-order valence-corrected chi connectivity index (χ1v) is 6.25. The van der Waals surface area contributed by atoms with Gasteiger partial charge in [0, 0.05) is 17.8 Å². The number of nitrogens with zero attached hydrogens (tertiary/aromatic N) is 1. The highest BCUT2D eigenvalue weighted by atomic mass is 19.4. The second kappa shape index (κ2) is 6.15. The highest BCUT2D eigenvalue weighted by Gasteiger charge is 2.34. The fourth-order valence-electron chi connectivity index (χ4n) is 2.24. The first-order chi connectivity index (χ1) is 9.58. The van der Waals surface area contributed by atoms with Crippen molar-refractivity contribution in [3.8, 4) is 0 Å². The Morgan fingerprint density at radius 1 is 1.33 bits per heavy atom. The molecule has 0 bridgehead atoms. The smallest absolute Gasteiger partial charge is 0.354 e. The van der Waals surface area contributed by atoms with Crippen LogP contribution in [0.25, 0.3) is 0 Å². The maximum absolute atomic E-state index is 12.5. The molecule has 0 spiro atoms. The van der Waals surface area contributed by atoms with E-state index in [0.29, 0.717) is 21.7 Å². The van der Waals surface area contributed by atoms with E-state index in [1.54, 1.807) is 6.92 Å². The van der Waals surface area contributed by atoms with Crippen molar-refractivity contribution in [1.29, 1.82) is 0 Å². The summed E-state index contributed by atoms with van der Waals surface area (Å²) in [5.41, 5.74) is 1.17. The van der Waals surface area contributed by atoms with E-state index in [1.165, 1.54) is 19.9 Å². The van der Waals surface area contributed by atoms with Gasteiger partial charge in [-0.25, -0.2) is 0 Å². The molecule has 0 fully saturated rings. The van der Waals surface area contributed by atoms with Crippen LogP contribution in [-0.4, -0.2) is 40.8 Å². The van der Waals surface area contributed by atoms with Gasteiger partial charge in [0.15, 0.2) is 5.78 Å². The molecule has 0 saturated carbocycles. The second-order valence-electron chi connectivity index (χ2n) is 4.77. The molecule has 0 aliphatic heterocycles. The van der Waals surface area contributed by atoms with Crippen LogP contribution in [0.2, 0.25) is 0 Å². The lowest BCUT2D eigenvalue weighted by Crippen LogP contribution is -2.39. The van der Waals surface area contributed by atoms with Crippen molar-refractivity contribution in [2.45, 2.75) is 26.9 Å². The SMILES string of the molecule is C=CCN(CC(F)(F)F)C(=O)c1[nH]c(C)c(C(C)=O)c1C. The van der Waals surface area contributed by atoms with Gasteiger partial charge < -0.3 is 9.88 Å². The lowest BCUT2D eigenvalue weighted by molar-refractivity contribution is -0.139. The van der Waals surface area contributed by atoms with Crippen molar-refractivity contribution in [2.75, 3.05) is 13.1 Å². The Hall–Kier alpha value is -2.05.